The highest BCUT2D eigenvalue weighted by atomic mass is 16.1. The van der Waals surface area contributed by atoms with Crippen molar-refractivity contribution in [1.29, 1.82) is 0 Å². The molecule has 4 heteroatoms. The van der Waals surface area contributed by atoms with Crippen LogP contribution in [-0.4, -0.2) is 22.0 Å². The minimum Gasteiger partial charge on any atom is -0.356 e. The number of imidazole rings is 1. The van der Waals surface area contributed by atoms with E-state index < -0.39 is 0 Å². The highest BCUT2D eigenvalue weighted by molar-refractivity contribution is 5.75. The number of carbonyl (C=O) groups is 1. The van der Waals surface area contributed by atoms with E-state index in [0.717, 1.165) is 25.2 Å². The molecule has 1 amide bonds. The highest BCUT2D eigenvalue weighted by Crippen LogP contribution is 2.05. The lowest BCUT2D eigenvalue weighted by atomic mass is 10.2. The Bertz CT molecular complexity index is 534. The average Bonchev–Trinajstić information content (AvgIpc) is 2.88. The predicted octanol–water partition coefficient (Wildman–Crippen LogP) is 2.39. The van der Waals surface area contributed by atoms with Crippen molar-refractivity contribution in [1.82, 2.24) is 14.9 Å². The van der Waals surface area contributed by atoms with E-state index in [9.17, 15) is 4.79 Å². The summed E-state index contributed by atoms with van der Waals surface area (Å²) in [6.45, 7) is 3.47. The summed E-state index contributed by atoms with van der Waals surface area (Å²) >= 11 is 0. The zero-order valence-electron chi connectivity index (χ0n) is 11.9. The summed E-state index contributed by atoms with van der Waals surface area (Å²) in [6.07, 6.45) is 6.03. The lowest BCUT2D eigenvalue weighted by Gasteiger charge is -2.08. The van der Waals surface area contributed by atoms with Gasteiger partial charge >= 0.3 is 0 Å². The summed E-state index contributed by atoms with van der Waals surface area (Å²) in [7, 11) is 0. The Morgan fingerprint density at radius 1 is 1.30 bits per heavy atom. The Morgan fingerprint density at radius 2 is 2.10 bits per heavy atom. The smallest absolute Gasteiger partial charge is 0.219 e. The van der Waals surface area contributed by atoms with Crippen molar-refractivity contribution in [2.45, 2.75) is 32.7 Å². The van der Waals surface area contributed by atoms with Crippen LogP contribution < -0.4 is 5.32 Å². The summed E-state index contributed by atoms with van der Waals surface area (Å²) in [5.41, 5.74) is 1.25. The van der Waals surface area contributed by atoms with Gasteiger partial charge in [-0.25, -0.2) is 4.98 Å². The second kappa shape index (κ2) is 7.48. The molecule has 20 heavy (non-hydrogen) atoms. The molecule has 0 atom stereocenters. The van der Waals surface area contributed by atoms with Crippen molar-refractivity contribution >= 4 is 5.91 Å². The zero-order chi connectivity index (χ0) is 14.2. The van der Waals surface area contributed by atoms with Gasteiger partial charge in [0.05, 0.1) is 0 Å². The minimum atomic E-state index is 0.119. The fourth-order valence-electron chi connectivity index (χ4n) is 2.12. The summed E-state index contributed by atoms with van der Waals surface area (Å²) in [4.78, 5) is 15.8. The molecule has 0 unspecified atom stereocenters. The van der Waals surface area contributed by atoms with E-state index in [4.69, 9.17) is 0 Å². The van der Waals surface area contributed by atoms with Crippen LogP contribution in [-0.2, 0) is 17.8 Å². The molecule has 4 nitrogen and oxygen atoms in total. The van der Waals surface area contributed by atoms with Crippen LogP contribution in [0, 0.1) is 0 Å². The number of amides is 1. The molecule has 2 aromatic rings. The van der Waals surface area contributed by atoms with Gasteiger partial charge in [0.2, 0.25) is 5.91 Å². The molecule has 0 radical (unpaired) electrons. The van der Waals surface area contributed by atoms with Gasteiger partial charge < -0.3 is 9.88 Å². The van der Waals surface area contributed by atoms with Gasteiger partial charge in [0.1, 0.15) is 5.82 Å². The van der Waals surface area contributed by atoms with E-state index in [-0.39, 0.29) is 5.91 Å². The second-order valence-corrected chi connectivity index (χ2v) is 4.81. The minimum absolute atomic E-state index is 0.119. The molecule has 1 heterocycles. The normalized spacial score (nSPS) is 10.4. The first kappa shape index (κ1) is 14.3. The average molecular weight is 271 g/mol. The Hall–Kier alpha value is -2.10. The van der Waals surface area contributed by atoms with Crippen LogP contribution in [0.2, 0.25) is 0 Å². The summed E-state index contributed by atoms with van der Waals surface area (Å²) in [5, 5.41) is 2.92. The third kappa shape index (κ3) is 4.23. The first-order valence-corrected chi connectivity index (χ1v) is 7.10. The van der Waals surface area contributed by atoms with E-state index in [1.807, 2.05) is 37.5 Å². The molecule has 1 N–H and O–H groups in total. The van der Waals surface area contributed by atoms with Crippen LogP contribution in [0.1, 0.15) is 31.2 Å². The van der Waals surface area contributed by atoms with Gasteiger partial charge in [-0.05, 0) is 12.0 Å². The number of hydrogen-bond acceptors (Lipinski definition) is 2. The fraction of sp³-hybridized carbons (Fsp3) is 0.375. The maximum absolute atomic E-state index is 11.4. The molecule has 2 rings (SSSR count). The van der Waals surface area contributed by atoms with Crippen LogP contribution in [0.25, 0.3) is 0 Å². The lowest BCUT2D eigenvalue weighted by molar-refractivity contribution is -0.121. The van der Waals surface area contributed by atoms with Crippen molar-refractivity contribution in [2.75, 3.05) is 6.54 Å². The molecule has 1 aromatic carbocycles. The SMILES string of the molecule is CCCC(=O)NCCc1nccn1Cc1ccccc1. The number of carbonyl (C=O) groups excluding carboxylic acids is 1. The van der Waals surface area contributed by atoms with E-state index in [2.05, 4.69) is 27.0 Å². The van der Waals surface area contributed by atoms with Crippen molar-refractivity contribution in [3.05, 3.63) is 54.1 Å². The van der Waals surface area contributed by atoms with Crippen LogP contribution >= 0.6 is 0 Å². The summed E-state index contributed by atoms with van der Waals surface area (Å²) in [5.74, 6) is 1.12. The van der Waals surface area contributed by atoms with E-state index >= 15 is 0 Å². The van der Waals surface area contributed by atoms with Gasteiger partial charge in [-0.1, -0.05) is 37.3 Å². The number of aromatic nitrogens is 2. The Kier molecular flexibility index (Phi) is 5.35. The summed E-state index contributed by atoms with van der Waals surface area (Å²) < 4.78 is 2.13. The van der Waals surface area contributed by atoms with Gasteiger partial charge in [0, 0.05) is 38.3 Å². The Morgan fingerprint density at radius 3 is 2.85 bits per heavy atom. The van der Waals surface area contributed by atoms with Crippen LogP contribution in [0.4, 0.5) is 0 Å². The third-order valence-corrected chi connectivity index (χ3v) is 3.15. The topological polar surface area (TPSA) is 46.9 Å². The van der Waals surface area contributed by atoms with Gasteiger partial charge in [-0.15, -0.1) is 0 Å². The fourth-order valence-corrected chi connectivity index (χ4v) is 2.12. The van der Waals surface area contributed by atoms with Crippen molar-refractivity contribution in [3.8, 4) is 0 Å². The van der Waals surface area contributed by atoms with Gasteiger partial charge in [-0.3, -0.25) is 4.79 Å². The molecule has 0 spiro atoms. The first-order chi connectivity index (χ1) is 9.79. The van der Waals surface area contributed by atoms with E-state index in [1.165, 1.54) is 5.56 Å². The standard InChI is InChI=1S/C16H21N3O/c1-2-6-16(20)18-10-9-15-17-11-12-19(15)13-14-7-4-3-5-8-14/h3-5,7-8,11-12H,2,6,9-10,13H2,1H3,(H,18,20). The van der Waals surface area contributed by atoms with Gasteiger partial charge in [0.25, 0.3) is 0 Å². The van der Waals surface area contributed by atoms with Crippen molar-refractivity contribution in [3.63, 3.8) is 0 Å². The molecule has 0 aliphatic rings. The molecule has 0 aliphatic carbocycles. The molecule has 106 valence electrons. The Balaban J connectivity index is 1.87. The maximum atomic E-state index is 11.4. The van der Waals surface area contributed by atoms with E-state index in [0.29, 0.717) is 13.0 Å². The Labute approximate surface area is 119 Å². The number of nitrogens with zero attached hydrogens (tertiary/aromatic N) is 2. The van der Waals surface area contributed by atoms with Gasteiger partial charge in [-0.2, -0.15) is 0 Å². The quantitative estimate of drug-likeness (QED) is 0.840. The number of hydrogen-bond donors (Lipinski definition) is 1. The molecule has 0 fully saturated rings. The molecule has 1 aromatic heterocycles. The van der Waals surface area contributed by atoms with Crippen molar-refractivity contribution < 1.29 is 4.79 Å². The number of nitrogens with one attached hydrogen (secondary N) is 1. The van der Waals surface area contributed by atoms with Gasteiger partial charge in [0.15, 0.2) is 0 Å². The number of rotatable bonds is 7. The molecular weight excluding hydrogens is 250 g/mol. The summed E-state index contributed by atoms with van der Waals surface area (Å²) in [6, 6.07) is 10.3. The molecule has 0 bridgehead atoms. The van der Waals surface area contributed by atoms with E-state index in [1.54, 1.807) is 0 Å². The van der Waals surface area contributed by atoms with Crippen LogP contribution in [0.15, 0.2) is 42.7 Å². The lowest BCUT2D eigenvalue weighted by Crippen LogP contribution is -2.26. The molecular formula is C16H21N3O. The third-order valence-electron chi connectivity index (χ3n) is 3.15. The molecule has 0 aliphatic heterocycles. The predicted molar refractivity (Wildman–Crippen MR) is 79.4 cm³/mol. The molecule has 0 saturated heterocycles. The second-order valence-electron chi connectivity index (χ2n) is 4.81. The monoisotopic (exact) mass is 271 g/mol. The van der Waals surface area contributed by atoms with Crippen LogP contribution in [0.5, 0.6) is 0 Å². The first-order valence-electron chi connectivity index (χ1n) is 7.10. The maximum Gasteiger partial charge on any atom is 0.219 e. The zero-order valence-corrected chi connectivity index (χ0v) is 11.9. The van der Waals surface area contributed by atoms with Crippen molar-refractivity contribution in [2.24, 2.45) is 0 Å². The number of benzene rings is 1. The molecule has 0 saturated carbocycles. The highest BCUT2D eigenvalue weighted by Gasteiger charge is 2.04. The van der Waals surface area contributed by atoms with Crippen LogP contribution in [0.3, 0.4) is 0 Å². The largest absolute Gasteiger partial charge is 0.356 e.